The van der Waals surface area contributed by atoms with Crippen molar-refractivity contribution < 1.29 is 4.74 Å². The first kappa shape index (κ1) is 15.6. The molecule has 2 heteroatoms. The first-order valence-electron chi connectivity index (χ1n) is 6.80. The molecule has 0 aromatic heterocycles. The normalized spacial score (nSPS) is 10.8. The van der Waals surface area contributed by atoms with Crippen molar-refractivity contribution in [3.63, 3.8) is 0 Å². The highest BCUT2D eigenvalue weighted by atomic mass is 16.5. The first-order valence-corrected chi connectivity index (χ1v) is 6.80. The molecule has 0 aliphatic heterocycles. The van der Waals surface area contributed by atoms with Gasteiger partial charge in [0.15, 0.2) is 0 Å². The molecule has 19 heavy (non-hydrogen) atoms. The minimum atomic E-state index is 0.106. The second kappa shape index (κ2) is 7.21. The molecule has 0 heterocycles. The van der Waals surface area contributed by atoms with E-state index in [9.17, 15) is 0 Å². The Morgan fingerprint density at radius 3 is 2.63 bits per heavy atom. The second-order valence-electron chi connectivity index (χ2n) is 5.69. The summed E-state index contributed by atoms with van der Waals surface area (Å²) in [6, 6.07) is 6.28. The monoisotopic (exact) mass is 259 g/mol. The number of hydrogen-bond acceptors (Lipinski definition) is 2. The molecule has 0 saturated carbocycles. The van der Waals surface area contributed by atoms with E-state index in [-0.39, 0.29) is 5.54 Å². The van der Waals surface area contributed by atoms with Crippen LogP contribution >= 0.6 is 0 Å². The third-order valence-electron chi connectivity index (χ3n) is 2.75. The first-order chi connectivity index (χ1) is 8.94. The molecule has 0 atom stereocenters. The van der Waals surface area contributed by atoms with Gasteiger partial charge in [-0.15, -0.1) is 11.8 Å². The maximum absolute atomic E-state index is 5.89. The quantitative estimate of drug-likeness (QED) is 0.643. The maximum atomic E-state index is 5.89. The van der Waals surface area contributed by atoms with Crippen molar-refractivity contribution in [3.8, 4) is 17.6 Å². The van der Waals surface area contributed by atoms with Gasteiger partial charge in [0.25, 0.3) is 0 Å². The fourth-order valence-corrected chi connectivity index (χ4v) is 1.75. The lowest BCUT2D eigenvalue weighted by Gasteiger charge is -2.22. The van der Waals surface area contributed by atoms with Gasteiger partial charge in [-0.05, 0) is 40.2 Å². The minimum Gasteiger partial charge on any atom is -0.492 e. The summed E-state index contributed by atoms with van der Waals surface area (Å²) in [5, 5.41) is 3.50. The molecule has 0 spiro atoms. The number of nitrogens with one attached hydrogen (secondary N) is 1. The van der Waals surface area contributed by atoms with Gasteiger partial charge in [-0.1, -0.05) is 18.2 Å². The van der Waals surface area contributed by atoms with Crippen LogP contribution in [0, 0.1) is 18.8 Å². The third-order valence-corrected chi connectivity index (χ3v) is 2.75. The molecule has 0 aliphatic carbocycles. The average molecular weight is 259 g/mol. The molecule has 0 unspecified atom stereocenters. The van der Waals surface area contributed by atoms with Crippen molar-refractivity contribution in [2.75, 3.05) is 6.61 Å². The summed E-state index contributed by atoms with van der Waals surface area (Å²) in [6.07, 6.45) is 0.775. The summed E-state index contributed by atoms with van der Waals surface area (Å²) in [5.41, 5.74) is 2.49. The molecule has 1 aromatic rings. The standard InChI is InChI=1S/C17H25NO/c1-6-7-8-12-19-16-14(2)10-9-11-15(16)13-18-17(3,4)5/h9-11,18H,8,12-13H2,1-5H3. The van der Waals surface area contributed by atoms with Crippen LogP contribution in [0.3, 0.4) is 0 Å². The second-order valence-corrected chi connectivity index (χ2v) is 5.69. The predicted octanol–water partition coefficient (Wildman–Crippen LogP) is 3.68. The molecule has 0 fully saturated rings. The maximum Gasteiger partial charge on any atom is 0.126 e. The van der Waals surface area contributed by atoms with Gasteiger partial charge >= 0.3 is 0 Å². The van der Waals surface area contributed by atoms with Crippen LogP contribution in [-0.4, -0.2) is 12.1 Å². The van der Waals surface area contributed by atoms with Gasteiger partial charge in [0, 0.05) is 24.1 Å². The third kappa shape index (κ3) is 5.81. The topological polar surface area (TPSA) is 21.3 Å². The van der Waals surface area contributed by atoms with E-state index in [1.54, 1.807) is 0 Å². The van der Waals surface area contributed by atoms with E-state index in [0.717, 1.165) is 18.7 Å². The van der Waals surface area contributed by atoms with E-state index >= 15 is 0 Å². The van der Waals surface area contributed by atoms with Crippen molar-refractivity contribution in [1.82, 2.24) is 5.32 Å². The highest BCUT2D eigenvalue weighted by Gasteiger charge is 2.12. The number of hydrogen-bond donors (Lipinski definition) is 1. The van der Waals surface area contributed by atoms with Crippen LogP contribution in [0.2, 0.25) is 0 Å². The van der Waals surface area contributed by atoms with E-state index in [1.165, 1.54) is 11.1 Å². The molecule has 104 valence electrons. The van der Waals surface area contributed by atoms with Crippen LogP contribution in [0.1, 0.15) is 45.2 Å². The zero-order valence-electron chi connectivity index (χ0n) is 12.8. The molecule has 0 radical (unpaired) electrons. The molecule has 0 saturated heterocycles. The van der Waals surface area contributed by atoms with Crippen LogP contribution in [-0.2, 0) is 6.54 Å². The lowest BCUT2D eigenvalue weighted by molar-refractivity contribution is 0.318. The highest BCUT2D eigenvalue weighted by molar-refractivity contribution is 5.40. The van der Waals surface area contributed by atoms with E-state index in [4.69, 9.17) is 4.74 Å². The van der Waals surface area contributed by atoms with Crippen molar-refractivity contribution in [1.29, 1.82) is 0 Å². The SMILES string of the molecule is CC#CCCOc1c(C)cccc1CNC(C)(C)C. The Hall–Kier alpha value is -1.46. The fourth-order valence-electron chi connectivity index (χ4n) is 1.75. The molecule has 2 nitrogen and oxygen atoms in total. The summed E-state index contributed by atoms with van der Waals surface area (Å²) in [5.74, 6) is 6.91. The zero-order chi connectivity index (χ0) is 14.3. The predicted molar refractivity (Wildman–Crippen MR) is 81.3 cm³/mol. The summed E-state index contributed by atoms with van der Waals surface area (Å²) in [4.78, 5) is 0. The largest absolute Gasteiger partial charge is 0.492 e. The Labute approximate surface area is 117 Å². The Kier molecular flexibility index (Phi) is 5.92. The summed E-state index contributed by atoms with van der Waals surface area (Å²) < 4.78 is 5.89. The Morgan fingerprint density at radius 2 is 2.00 bits per heavy atom. The Bertz CT molecular complexity index is 460. The van der Waals surface area contributed by atoms with E-state index in [2.05, 4.69) is 63.1 Å². The number of aryl methyl sites for hydroxylation is 1. The molecule has 0 aliphatic rings. The Morgan fingerprint density at radius 1 is 1.26 bits per heavy atom. The summed E-state index contributed by atoms with van der Waals surface area (Å²) in [6.45, 7) is 11.9. The van der Waals surface area contributed by atoms with Gasteiger partial charge in [-0.3, -0.25) is 0 Å². The molecule has 0 amide bonds. The molecule has 1 aromatic carbocycles. The molecule has 1 rings (SSSR count). The van der Waals surface area contributed by atoms with Crippen LogP contribution in [0.5, 0.6) is 5.75 Å². The molecular formula is C17H25NO. The zero-order valence-corrected chi connectivity index (χ0v) is 12.8. The van der Waals surface area contributed by atoms with E-state index in [0.29, 0.717) is 6.61 Å². The van der Waals surface area contributed by atoms with Gasteiger partial charge in [0.2, 0.25) is 0 Å². The van der Waals surface area contributed by atoms with Crippen molar-refractivity contribution >= 4 is 0 Å². The van der Waals surface area contributed by atoms with Crippen molar-refractivity contribution in [3.05, 3.63) is 29.3 Å². The van der Waals surface area contributed by atoms with Crippen LogP contribution in [0.4, 0.5) is 0 Å². The van der Waals surface area contributed by atoms with Gasteiger partial charge in [0.1, 0.15) is 5.75 Å². The van der Waals surface area contributed by atoms with Gasteiger partial charge < -0.3 is 10.1 Å². The number of rotatable bonds is 5. The number of ether oxygens (including phenoxy) is 1. The highest BCUT2D eigenvalue weighted by Crippen LogP contribution is 2.24. The fraction of sp³-hybridized carbons (Fsp3) is 0.529. The summed E-state index contributed by atoms with van der Waals surface area (Å²) >= 11 is 0. The van der Waals surface area contributed by atoms with Crippen LogP contribution < -0.4 is 10.1 Å². The molecular weight excluding hydrogens is 234 g/mol. The molecule has 1 N–H and O–H groups in total. The van der Waals surface area contributed by atoms with Crippen LogP contribution in [0.15, 0.2) is 18.2 Å². The number of benzene rings is 1. The van der Waals surface area contributed by atoms with E-state index < -0.39 is 0 Å². The number of para-hydroxylation sites is 1. The smallest absolute Gasteiger partial charge is 0.126 e. The lowest BCUT2D eigenvalue weighted by atomic mass is 10.1. The molecule has 0 bridgehead atoms. The van der Waals surface area contributed by atoms with Gasteiger partial charge in [-0.25, -0.2) is 0 Å². The van der Waals surface area contributed by atoms with Crippen molar-refractivity contribution in [2.24, 2.45) is 0 Å². The minimum absolute atomic E-state index is 0.106. The average Bonchev–Trinajstić information content (AvgIpc) is 2.33. The van der Waals surface area contributed by atoms with E-state index in [1.807, 2.05) is 6.92 Å². The summed E-state index contributed by atoms with van der Waals surface area (Å²) in [7, 11) is 0. The van der Waals surface area contributed by atoms with Crippen LogP contribution in [0.25, 0.3) is 0 Å². The van der Waals surface area contributed by atoms with Crippen molar-refractivity contribution in [2.45, 2.75) is 53.1 Å². The van der Waals surface area contributed by atoms with Gasteiger partial charge in [-0.2, -0.15) is 0 Å². The lowest BCUT2D eigenvalue weighted by Crippen LogP contribution is -2.35. The van der Waals surface area contributed by atoms with Gasteiger partial charge in [0.05, 0.1) is 6.61 Å². The Balaban J connectivity index is 2.73.